The average molecular weight is 340 g/mol. The Kier molecular flexibility index (Phi) is 5.13. The van der Waals surface area contributed by atoms with Crippen molar-refractivity contribution in [1.82, 2.24) is 10.2 Å². The molecular weight excluding hydrogens is 317 g/mol. The summed E-state index contributed by atoms with van der Waals surface area (Å²) >= 11 is 0. The summed E-state index contributed by atoms with van der Waals surface area (Å²) in [5.74, 6) is 0.0545. The minimum atomic E-state index is -4.32. The van der Waals surface area contributed by atoms with Crippen molar-refractivity contribution in [1.29, 1.82) is 0 Å². The Bertz CT molecular complexity index is 574. The van der Waals surface area contributed by atoms with Crippen molar-refractivity contribution < 1.29 is 18.0 Å². The number of hydrogen-bond donors (Lipinski definition) is 1. The van der Waals surface area contributed by atoms with E-state index in [2.05, 4.69) is 5.32 Å². The van der Waals surface area contributed by atoms with Crippen molar-refractivity contribution in [3.05, 3.63) is 35.4 Å². The van der Waals surface area contributed by atoms with E-state index in [1.54, 1.807) is 12.1 Å². The fraction of sp³-hybridized carbons (Fsp3) is 0.611. The summed E-state index contributed by atoms with van der Waals surface area (Å²) in [6, 6.07) is 5.83. The molecule has 1 amide bonds. The molecule has 0 radical (unpaired) electrons. The van der Waals surface area contributed by atoms with Crippen molar-refractivity contribution >= 4 is 5.91 Å². The highest BCUT2D eigenvalue weighted by molar-refractivity contribution is 5.79. The van der Waals surface area contributed by atoms with E-state index in [1.807, 2.05) is 4.90 Å². The standard InChI is InChI=1S/C18H23F3N2O/c19-18(20,21)16-6-2-1-5-15(16)13-7-10-23(11-8-13)17(24)14-4-3-9-22-12-14/h1-2,5-6,13-14,22H,3-4,7-12H2. The van der Waals surface area contributed by atoms with Gasteiger partial charge in [0.15, 0.2) is 0 Å². The first-order chi connectivity index (χ1) is 11.5. The van der Waals surface area contributed by atoms with Crippen molar-refractivity contribution in [3.8, 4) is 0 Å². The molecular formula is C18H23F3N2O. The van der Waals surface area contributed by atoms with Gasteiger partial charge in [-0.25, -0.2) is 0 Å². The van der Waals surface area contributed by atoms with E-state index >= 15 is 0 Å². The Morgan fingerprint density at radius 1 is 1.12 bits per heavy atom. The van der Waals surface area contributed by atoms with Crippen LogP contribution in [0, 0.1) is 5.92 Å². The van der Waals surface area contributed by atoms with Gasteiger partial charge in [0.25, 0.3) is 0 Å². The molecule has 24 heavy (non-hydrogen) atoms. The molecule has 3 rings (SSSR count). The molecule has 6 heteroatoms. The molecule has 0 aliphatic carbocycles. The van der Waals surface area contributed by atoms with Gasteiger partial charge in [-0.1, -0.05) is 18.2 Å². The number of halogens is 3. The maximum Gasteiger partial charge on any atom is 0.416 e. The highest BCUT2D eigenvalue weighted by Gasteiger charge is 2.36. The minimum Gasteiger partial charge on any atom is -0.342 e. The van der Waals surface area contributed by atoms with Gasteiger partial charge in [-0.05, 0) is 49.8 Å². The maximum atomic E-state index is 13.2. The van der Waals surface area contributed by atoms with E-state index in [9.17, 15) is 18.0 Å². The lowest BCUT2D eigenvalue weighted by atomic mass is 9.85. The number of benzene rings is 1. The zero-order chi connectivity index (χ0) is 17.2. The maximum absolute atomic E-state index is 13.2. The first kappa shape index (κ1) is 17.3. The second-order valence-corrected chi connectivity index (χ2v) is 6.73. The molecule has 0 aromatic heterocycles. The molecule has 3 nitrogen and oxygen atoms in total. The molecule has 1 aromatic rings. The topological polar surface area (TPSA) is 32.3 Å². The molecule has 1 atom stereocenters. The lowest BCUT2D eigenvalue weighted by Crippen LogP contribution is -2.45. The van der Waals surface area contributed by atoms with Gasteiger partial charge in [-0.15, -0.1) is 0 Å². The lowest BCUT2D eigenvalue weighted by Gasteiger charge is -2.36. The number of alkyl halides is 3. The quantitative estimate of drug-likeness (QED) is 0.895. The number of carbonyl (C=O) groups excluding carboxylic acids is 1. The third-order valence-electron chi connectivity index (χ3n) is 5.16. The monoisotopic (exact) mass is 340 g/mol. The van der Waals surface area contributed by atoms with Gasteiger partial charge < -0.3 is 10.2 Å². The van der Waals surface area contributed by atoms with Crippen LogP contribution < -0.4 is 5.32 Å². The Morgan fingerprint density at radius 2 is 1.83 bits per heavy atom. The smallest absolute Gasteiger partial charge is 0.342 e. The molecule has 2 saturated heterocycles. The zero-order valence-corrected chi connectivity index (χ0v) is 13.6. The van der Waals surface area contributed by atoms with Gasteiger partial charge >= 0.3 is 6.18 Å². The number of nitrogens with one attached hydrogen (secondary N) is 1. The fourth-order valence-electron chi connectivity index (χ4n) is 3.84. The predicted molar refractivity (Wildman–Crippen MR) is 85.6 cm³/mol. The van der Waals surface area contributed by atoms with Crippen LogP contribution in [0.5, 0.6) is 0 Å². The lowest BCUT2D eigenvalue weighted by molar-refractivity contribution is -0.140. The highest BCUT2D eigenvalue weighted by atomic mass is 19.4. The molecule has 0 saturated carbocycles. The Labute approximate surface area is 140 Å². The number of nitrogens with zero attached hydrogens (tertiary/aromatic N) is 1. The van der Waals surface area contributed by atoms with E-state index in [0.29, 0.717) is 31.5 Å². The number of rotatable bonds is 2. The van der Waals surface area contributed by atoms with Crippen LogP contribution in [0.15, 0.2) is 24.3 Å². The van der Waals surface area contributed by atoms with E-state index in [4.69, 9.17) is 0 Å². The summed E-state index contributed by atoms with van der Waals surface area (Å²) < 4.78 is 39.5. The molecule has 0 bridgehead atoms. The number of carbonyl (C=O) groups is 1. The summed E-state index contributed by atoms with van der Waals surface area (Å²) in [6.07, 6.45) is -1.22. The van der Waals surface area contributed by atoms with E-state index in [0.717, 1.165) is 32.0 Å². The largest absolute Gasteiger partial charge is 0.416 e. The molecule has 2 heterocycles. The van der Waals surface area contributed by atoms with Gasteiger partial charge in [0.1, 0.15) is 0 Å². The summed E-state index contributed by atoms with van der Waals surface area (Å²) in [6.45, 7) is 2.77. The van der Waals surface area contributed by atoms with E-state index < -0.39 is 11.7 Å². The van der Waals surface area contributed by atoms with Gasteiger partial charge in [0.2, 0.25) is 5.91 Å². The Morgan fingerprint density at radius 3 is 2.46 bits per heavy atom. The van der Waals surface area contributed by atoms with Crippen LogP contribution in [0.3, 0.4) is 0 Å². The molecule has 2 fully saturated rings. The van der Waals surface area contributed by atoms with Crippen LogP contribution in [0.4, 0.5) is 13.2 Å². The summed E-state index contributed by atoms with van der Waals surface area (Å²) in [7, 11) is 0. The second kappa shape index (κ2) is 7.13. The van der Waals surface area contributed by atoms with Crippen molar-refractivity contribution in [2.24, 2.45) is 5.92 Å². The number of hydrogen-bond acceptors (Lipinski definition) is 2. The van der Waals surface area contributed by atoms with E-state index in [-0.39, 0.29) is 17.7 Å². The normalized spacial score (nSPS) is 23.3. The van der Waals surface area contributed by atoms with Gasteiger partial charge in [0, 0.05) is 19.6 Å². The van der Waals surface area contributed by atoms with Crippen molar-refractivity contribution in [3.63, 3.8) is 0 Å². The van der Waals surface area contributed by atoms with Crippen LogP contribution in [0.2, 0.25) is 0 Å². The van der Waals surface area contributed by atoms with Gasteiger partial charge in [-0.3, -0.25) is 4.79 Å². The third-order valence-corrected chi connectivity index (χ3v) is 5.16. The first-order valence-electron chi connectivity index (χ1n) is 8.62. The van der Waals surface area contributed by atoms with Crippen molar-refractivity contribution in [2.45, 2.75) is 37.8 Å². The highest BCUT2D eigenvalue weighted by Crippen LogP contribution is 2.38. The van der Waals surface area contributed by atoms with Crippen LogP contribution >= 0.6 is 0 Å². The third kappa shape index (κ3) is 3.74. The molecule has 1 unspecified atom stereocenters. The van der Waals surface area contributed by atoms with Crippen LogP contribution in [-0.4, -0.2) is 37.0 Å². The van der Waals surface area contributed by atoms with Crippen LogP contribution in [0.25, 0.3) is 0 Å². The number of amides is 1. The summed E-state index contributed by atoms with van der Waals surface area (Å²) in [5, 5.41) is 3.24. The van der Waals surface area contributed by atoms with Crippen LogP contribution in [-0.2, 0) is 11.0 Å². The molecule has 0 spiro atoms. The SMILES string of the molecule is O=C(C1CCCNC1)N1CCC(c2ccccc2C(F)(F)F)CC1. The summed E-state index contributed by atoms with van der Waals surface area (Å²) in [4.78, 5) is 14.4. The molecule has 1 aromatic carbocycles. The second-order valence-electron chi connectivity index (χ2n) is 6.73. The molecule has 1 N–H and O–H groups in total. The van der Waals surface area contributed by atoms with E-state index in [1.165, 1.54) is 6.07 Å². The Hall–Kier alpha value is -1.56. The first-order valence-corrected chi connectivity index (χ1v) is 8.62. The fourth-order valence-corrected chi connectivity index (χ4v) is 3.84. The number of piperidine rings is 2. The average Bonchev–Trinajstić information content (AvgIpc) is 2.61. The Balaban J connectivity index is 1.64. The molecule has 2 aliphatic heterocycles. The minimum absolute atomic E-state index is 0.0257. The van der Waals surface area contributed by atoms with Crippen molar-refractivity contribution in [2.75, 3.05) is 26.2 Å². The summed E-state index contributed by atoms with van der Waals surface area (Å²) in [5.41, 5.74) is -0.164. The number of likely N-dealkylation sites (tertiary alicyclic amines) is 1. The zero-order valence-electron chi connectivity index (χ0n) is 13.6. The van der Waals surface area contributed by atoms with Gasteiger partial charge in [0.05, 0.1) is 11.5 Å². The van der Waals surface area contributed by atoms with Crippen LogP contribution in [0.1, 0.15) is 42.7 Å². The molecule has 132 valence electrons. The predicted octanol–water partition coefficient (Wildman–Crippen LogP) is 3.41. The molecule has 2 aliphatic rings. The van der Waals surface area contributed by atoms with Gasteiger partial charge in [-0.2, -0.15) is 13.2 Å².